The van der Waals surface area contributed by atoms with Gasteiger partial charge in [0.25, 0.3) is 0 Å². The second kappa shape index (κ2) is 13.8. The van der Waals surface area contributed by atoms with Crippen molar-refractivity contribution in [3.8, 4) is 0 Å². The van der Waals surface area contributed by atoms with Crippen molar-refractivity contribution in [1.29, 1.82) is 0 Å². The molecule has 0 spiro atoms. The highest BCUT2D eigenvalue weighted by Crippen LogP contribution is 2.23. The number of rotatable bonds is 11. The molecule has 4 rings (SSSR count). The molecule has 7 nitrogen and oxygen atoms in total. The van der Waals surface area contributed by atoms with Crippen LogP contribution in [0.2, 0.25) is 0 Å². The van der Waals surface area contributed by atoms with E-state index in [0.717, 1.165) is 64.9 Å². The van der Waals surface area contributed by atoms with Gasteiger partial charge in [-0.2, -0.15) is 0 Å². The molecule has 8 heteroatoms. The normalized spacial score (nSPS) is 14.7. The summed E-state index contributed by atoms with van der Waals surface area (Å²) in [5, 5.41) is 3.23. The Morgan fingerprint density at radius 3 is 2.17 bits per heavy atom. The molecule has 0 aromatic heterocycles. The lowest BCUT2D eigenvalue weighted by Gasteiger charge is -2.35. The fraction of sp³-hybridized carbons (Fsp3) is 0.394. The SMILES string of the molecule is Cc1ccc(CN(C(=O)CN(c2cccc(C)c2)S(C)(=O)=O)[C@@H](Cc2ccccc2)C(=O)NC2CCCCC2)cc1. The zero-order valence-electron chi connectivity index (χ0n) is 24.3. The van der Waals surface area contributed by atoms with Crippen molar-refractivity contribution in [3.63, 3.8) is 0 Å². The maximum absolute atomic E-state index is 14.2. The van der Waals surface area contributed by atoms with Gasteiger partial charge in [0.2, 0.25) is 21.8 Å². The minimum absolute atomic E-state index is 0.0747. The molecule has 0 unspecified atom stereocenters. The lowest BCUT2D eigenvalue weighted by Crippen LogP contribution is -2.55. The van der Waals surface area contributed by atoms with E-state index in [1.807, 2.05) is 74.5 Å². The molecule has 0 radical (unpaired) electrons. The zero-order valence-corrected chi connectivity index (χ0v) is 25.1. The van der Waals surface area contributed by atoms with E-state index in [0.29, 0.717) is 12.1 Å². The molecule has 3 aromatic carbocycles. The van der Waals surface area contributed by atoms with Gasteiger partial charge >= 0.3 is 0 Å². The van der Waals surface area contributed by atoms with E-state index in [1.54, 1.807) is 23.1 Å². The highest BCUT2D eigenvalue weighted by molar-refractivity contribution is 7.92. The second-order valence-electron chi connectivity index (χ2n) is 11.2. The second-order valence-corrected chi connectivity index (χ2v) is 13.1. The first kappa shape index (κ1) is 30.3. The molecule has 1 aliphatic carbocycles. The predicted molar refractivity (Wildman–Crippen MR) is 164 cm³/mol. The van der Waals surface area contributed by atoms with Crippen molar-refractivity contribution in [2.75, 3.05) is 17.1 Å². The Morgan fingerprint density at radius 1 is 0.854 bits per heavy atom. The lowest BCUT2D eigenvalue weighted by molar-refractivity contribution is -0.140. The van der Waals surface area contributed by atoms with Crippen LogP contribution in [0, 0.1) is 13.8 Å². The maximum atomic E-state index is 14.2. The number of nitrogens with one attached hydrogen (secondary N) is 1. The molecule has 1 N–H and O–H groups in total. The van der Waals surface area contributed by atoms with Crippen LogP contribution in [-0.2, 0) is 32.6 Å². The third kappa shape index (κ3) is 8.67. The van der Waals surface area contributed by atoms with E-state index in [1.165, 1.54) is 0 Å². The third-order valence-electron chi connectivity index (χ3n) is 7.67. The number of carbonyl (C=O) groups is 2. The monoisotopic (exact) mass is 575 g/mol. The quantitative estimate of drug-likeness (QED) is 0.342. The molecule has 1 fully saturated rings. The average molecular weight is 576 g/mol. The number of sulfonamides is 1. The molecule has 1 saturated carbocycles. The summed E-state index contributed by atoms with van der Waals surface area (Å²) in [5.74, 6) is -0.639. The number of hydrogen-bond donors (Lipinski definition) is 1. The first-order valence-electron chi connectivity index (χ1n) is 14.3. The topological polar surface area (TPSA) is 86.8 Å². The van der Waals surface area contributed by atoms with Crippen molar-refractivity contribution in [1.82, 2.24) is 10.2 Å². The maximum Gasteiger partial charge on any atom is 0.244 e. The van der Waals surface area contributed by atoms with Gasteiger partial charge in [-0.05, 0) is 55.5 Å². The summed E-state index contributed by atoms with van der Waals surface area (Å²) in [4.78, 5) is 29.7. The summed E-state index contributed by atoms with van der Waals surface area (Å²) >= 11 is 0. The summed E-state index contributed by atoms with van der Waals surface area (Å²) in [6.45, 7) is 3.64. The number of aryl methyl sites for hydroxylation is 2. The summed E-state index contributed by atoms with van der Waals surface area (Å²) in [6, 6.07) is 23.8. The molecule has 2 amide bonds. The number of amides is 2. The minimum Gasteiger partial charge on any atom is -0.352 e. The first-order chi connectivity index (χ1) is 19.6. The van der Waals surface area contributed by atoms with Crippen LogP contribution in [0.25, 0.3) is 0 Å². The smallest absolute Gasteiger partial charge is 0.244 e. The summed E-state index contributed by atoms with van der Waals surface area (Å²) in [5.41, 5.74) is 4.19. The first-order valence-corrected chi connectivity index (χ1v) is 16.2. The van der Waals surface area contributed by atoms with E-state index in [4.69, 9.17) is 0 Å². The molecular weight excluding hydrogens is 534 g/mol. The van der Waals surface area contributed by atoms with Gasteiger partial charge < -0.3 is 10.2 Å². The van der Waals surface area contributed by atoms with Gasteiger partial charge in [-0.1, -0.05) is 91.6 Å². The Bertz CT molecular complexity index is 1420. The molecule has 1 atom stereocenters. The molecule has 3 aromatic rings. The fourth-order valence-corrected chi connectivity index (χ4v) is 6.23. The zero-order chi connectivity index (χ0) is 29.4. The largest absolute Gasteiger partial charge is 0.352 e. The standard InChI is InChI=1S/C33H41N3O4S/c1-25-17-19-28(20-18-25)23-35(32(37)24-36(41(3,39)40)30-16-10-11-26(2)21-30)31(22-27-12-6-4-7-13-27)33(38)34-29-14-8-5-9-15-29/h4,6-7,10-13,16-21,29,31H,5,8-9,14-15,22-24H2,1-3H3,(H,34,38)/t31-/m0/s1. The van der Waals surface area contributed by atoms with Crippen molar-refractivity contribution < 1.29 is 18.0 Å². The van der Waals surface area contributed by atoms with Gasteiger partial charge in [-0.3, -0.25) is 13.9 Å². The number of carbonyl (C=O) groups excluding carboxylic acids is 2. The van der Waals surface area contributed by atoms with Gasteiger partial charge in [0.05, 0.1) is 11.9 Å². The van der Waals surface area contributed by atoms with Crippen LogP contribution < -0.4 is 9.62 Å². The molecule has 218 valence electrons. The molecule has 0 bridgehead atoms. The van der Waals surface area contributed by atoms with Crippen molar-refractivity contribution in [2.24, 2.45) is 0 Å². The number of benzene rings is 3. The fourth-order valence-electron chi connectivity index (χ4n) is 5.39. The van der Waals surface area contributed by atoms with Crippen LogP contribution >= 0.6 is 0 Å². The summed E-state index contributed by atoms with van der Waals surface area (Å²) in [7, 11) is -3.78. The Morgan fingerprint density at radius 2 is 1.54 bits per heavy atom. The van der Waals surface area contributed by atoms with E-state index in [2.05, 4.69) is 5.32 Å². The van der Waals surface area contributed by atoms with E-state index in [-0.39, 0.29) is 18.5 Å². The Labute approximate surface area is 244 Å². The summed E-state index contributed by atoms with van der Waals surface area (Å²) < 4.78 is 27.0. The number of anilines is 1. The number of nitrogens with zero attached hydrogens (tertiary/aromatic N) is 2. The minimum atomic E-state index is -3.78. The third-order valence-corrected chi connectivity index (χ3v) is 8.81. The van der Waals surface area contributed by atoms with Gasteiger partial charge in [0.15, 0.2) is 0 Å². The predicted octanol–water partition coefficient (Wildman–Crippen LogP) is 5.16. The van der Waals surface area contributed by atoms with Gasteiger partial charge in [-0.25, -0.2) is 8.42 Å². The van der Waals surface area contributed by atoms with E-state index >= 15 is 0 Å². The van der Waals surface area contributed by atoms with Gasteiger partial charge in [0, 0.05) is 19.0 Å². The van der Waals surface area contributed by atoms with Crippen LogP contribution in [0.1, 0.15) is 54.4 Å². The molecule has 1 aliphatic rings. The van der Waals surface area contributed by atoms with Gasteiger partial charge in [0.1, 0.15) is 12.6 Å². The molecular formula is C33H41N3O4S. The molecule has 0 aliphatic heterocycles. The van der Waals surface area contributed by atoms with Crippen LogP contribution in [0.5, 0.6) is 0 Å². The molecule has 41 heavy (non-hydrogen) atoms. The molecule has 0 saturated heterocycles. The number of hydrogen-bond acceptors (Lipinski definition) is 4. The van der Waals surface area contributed by atoms with Crippen molar-refractivity contribution in [2.45, 2.75) is 71.0 Å². The van der Waals surface area contributed by atoms with E-state index in [9.17, 15) is 18.0 Å². The molecule has 0 heterocycles. The Balaban J connectivity index is 1.71. The van der Waals surface area contributed by atoms with Gasteiger partial charge in [-0.15, -0.1) is 0 Å². The van der Waals surface area contributed by atoms with Crippen LogP contribution in [-0.4, -0.2) is 50.0 Å². The average Bonchev–Trinajstić information content (AvgIpc) is 2.95. The van der Waals surface area contributed by atoms with E-state index < -0.39 is 28.5 Å². The summed E-state index contributed by atoms with van der Waals surface area (Å²) in [6.07, 6.45) is 6.57. The van der Waals surface area contributed by atoms with Crippen LogP contribution in [0.15, 0.2) is 78.9 Å². The highest BCUT2D eigenvalue weighted by atomic mass is 32.2. The highest BCUT2D eigenvalue weighted by Gasteiger charge is 2.34. The van der Waals surface area contributed by atoms with Crippen LogP contribution in [0.3, 0.4) is 0 Å². The van der Waals surface area contributed by atoms with Crippen LogP contribution in [0.4, 0.5) is 5.69 Å². The van der Waals surface area contributed by atoms with Crippen molar-refractivity contribution >= 4 is 27.5 Å². The Hall–Kier alpha value is -3.65. The Kier molecular flexibility index (Phi) is 10.2. The lowest BCUT2D eigenvalue weighted by atomic mass is 9.94. The van der Waals surface area contributed by atoms with Crippen molar-refractivity contribution in [3.05, 3.63) is 101 Å².